The van der Waals surface area contributed by atoms with Crippen molar-refractivity contribution in [1.82, 2.24) is 0 Å². The molecule has 0 nitrogen and oxygen atoms in total. The molecule has 0 atom stereocenters. The Morgan fingerprint density at radius 3 is 2.00 bits per heavy atom. The number of rotatable bonds is 14. The quantitative estimate of drug-likeness (QED) is 0.187. The van der Waals surface area contributed by atoms with Gasteiger partial charge in [0.25, 0.3) is 0 Å². The molecule has 0 saturated carbocycles. The van der Waals surface area contributed by atoms with Crippen LogP contribution in [0.2, 0.25) is 0 Å². The highest BCUT2D eigenvalue weighted by Gasteiger charge is 2.18. The van der Waals surface area contributed by atoms with Gasteiger partial charge in [0.2, 0.25) is 0 Å². The first-order chi connectivity index (χ1) is 14.3. The third kappa shape index (κ3) is 6.91. The van der Waals surface area contributed by atoms with E-state index in [0.717, 1.165) is 0 Å². The zero-order valence-electron chi connectivity index (χ0n) is 19.1. The van der Waals surface area contributed by atoms with E-state index < -0.39 is 0 Å². The number of unbranched alkanes of at least 4 members (excludes halogenated alkanes) is 10. The van der Waals surface area contributed by atoms with E-state index in [1.54, 1.807) is 27.0 Å². The van der Waals surface area contributed by atoms with Crippen LogP contribution in [0.3, 0.4) is 0 Å². The molecule has 0 radical (unpaired) electrons. The second-order valence-corrected chi connectivity index (χ2v) is 10.9. The molecule has 0 N–H and O–H groups in total. The van der Waals surface area contributed by atoms with Gasteiger partial charge in [-0.1, -0.05) is 119 Å². The maximum atomic E-state index is 2.53. The highest BCUT2D eigenvalue weighted by atomic mass is 28.2. The molecular weight excluding hydrogens is 364 g/mol. The first-order valence-corrected chi connectivity index (χ1v) is 13.7. The van der Waals surface area contributed by atoms with Crippen molar-refractivity contribution in [2.75, 3.05) is 0 Å². The molecule has 0 unspecified atom stereocenters. The minimum absolute atomic E-state index is 0.378. The van der Waals surface area contributed by atoms with E-state index >= 15 is 0 Å². The van der Waals surface area contributed by atoms with Gasteiger partial charge in [-0.15, -0.1) is 0 Å². The summed E-state index contributed by atoms with van der Waals surface area (Å²) in [4.78, 5) is 0. The Balaban J connectivity index is 1.48. The average Bonchev–Trinajstić information content (AvgIpc) is 3.10. The molecule has 0 aliphatic heterocycles. The second kappa shape index (κ2) is 12.5. The lowest BCUT2D eigenvalue weighted by Crippen LogP contribution is -1.96. The Morgan fingerprint density at radius 1 is 0.655 bits per heavy atom. The van der Waals surface area contributed by atoms with Crippen molar-refractivity contribution in [2.24, 2.45) is 0 Å². The molecule has 2 aromatic rings. The van der Waals surface area contributed by atoms with E-state index in [9.17, 15) is 0 Å². The summed E-state index contributed by atoms with van der Waals surface area (Å²) in [5.41, 5.74) is 6.28. The van der Waals surface area contributed by atoms with Crippen molar-refractivity contribution in [3.63, 3.8) is 0 Å². The van der Waals surface area contributed by atoms with Gasteiger partial charge in [-0.25, -0.2) is 0 Å². The molecule has 3 rings (SSSR count). The van der Waals surface area contributed by atoms with Gasteiger partial charge in [-0.2, -0.15) is 0 Å². The summed E-state index contributed by atoms with van der Waals surface area (Å²) in [6.07, 6.45) is 20.6. The molecule has 158 valence electrons. The van der Waals surface area contributed by atoms with E-state index in [0.29, 0.717) is 9.12 Å². The zero-order chi connectivity index (χ0) is 20.3. The third-order valence-electron chi connectivity index (χ3n) is 6.65. The topological polar surface area (TPSA) is 0 Å². The average molecular weight is 407 g/mol. The van der Waals surface area contributed by atoms with Gasteiger partial charge >= 0.3 is 0 Å². The summed E-state index contributed by atoms with van der Waals surface area (Å²) >= 11 is 0. The van der Waals surface area contributed by atoms with Gasteiger partial charge in [0, 0.05) is 9.12 Å². The fourth-order valence-corrected chi connectivity index (χ4v) is 6.56. The molecule has 1 aromatic carbocycles. The first-order valence-electron chi connectivity index (χ1n) is 12.6. The minimum Gasteiger partial charge on any atom is -0.0665 e. The molecule has 0 amide bonds. The van der Waals surface area contributed by atoms with Gasteiger partial charge in [0.1, 0.15) is 0 Å². The van der Waals surface area contributed by atoms with Gasteiger partial charge in [-0.05, 0) is 54.4 Å². The predicted molar refractivity (Wildman–Crippen MR) is 132 cm³/mol. The van der Waals surface area contributed by atoms with E-state index in [1.807, 2.05) is 0 Å². The molecular formula is C28H42Si. The summed E-state index contributed by atoms with van der Waals surface area (Å²) in [6.45, 7) is 4.60. The zero-order valence-corrected chi connectivity index (χ0v) is 20.2. The molecule has 0 fully saturated rings. The van der Waals surface area contributed by atoms with Crippen LogP contribution >= 0.6 is 0 Å². The van der Waals surface area contributed by atoms with Crippen molar-refractivity contribution >= 4 is 9.12 Å². The maximum absolute atomic E-state index is 2.53. The van der Waals surface area contributed by atoms with Crippen molar-refractivity contribution in [1.29, 1.82) is 0 Å². The van der Waals surface area contributed by atoms with E-state index in [2.05, 4.69) is 44.2 Å². The molecule has 0 bridgehead atoms. The van der Waals surface area contributed by atoms with Crippen molar-refractivity contribution in [3.05, 3.63) is 51.8 Å². The van der Waals surface area contributed by atoms with E-state index in [-0.39, 0.29) is 0 Å². The highest BCUT2D eigenvalue weighted by Crippen LogP contribution is 2.36. The fourth-order valence-electron chi connectivity index (χ4n) is 4.85. The molecule has 29 heavy (non-hydrogen) atoms. The Kier molecular flexibility index (Phi) is 9.67. The molecule has 1 heteroatoms. The van der Waals surface area contributed by atoms with Crippen molar-refractivity contribution in [3.8, 4) is 11.1 Å². The Hall–Kier alpha value is -1.21. The molecule has 1 aromatic heterocycles. The molecule has 0 spiro atoms. The summed E-state index contributed by atoms with van der Waals surface area (Å²) in [6, 6.07) is 12.3. The van der Waals surface area contributed by atoms with E-state index in [4.69, 9.17) is 0 Å². The van der Waals surface area contributed by atoms with Crippen LogP contribution in [-0.2, 0) is 19.3 Å². The minimum atomic E-state index is 0.378. The lowest BCUT2D eigenvalue weighted by atomic mass is 10.00. The van der Waals surface area contributed by atoms with Crippen LogP contribution in [0.4, 0.5) is 0 Å². The number of benzene rings is 1. The largest absolute Gasteiger partial charge is 0.0665 e. The van der Waals surface area contributed by atoms with Gasteiger partial charge in [0.05, 0.1) is 0 Å². The smallest absolute Gasteiger partial charge is 0.0293 e. The number of fused-ring (bicyclic) bond motifs is 3. The summed E-state index contributed by atoms with van der Waals surface area (Å²) in [7, 11) is 0.378. The van der Waals surface area contributed by atoms with Crippen molar-refractivity contribution < 1.29 is 0 Å². The van der Waals surface area contributed by atoms with Crippen LogP contribution in [0.1, 0.15) is 112 Å². The van der Waals surface area contributed by atoms with Gasteiger partial charge in [0.15, 0.2) is 0 Å². The molecule has 1 aliphatic carbocycles. The van der Waals surface area contributed by atoms with Gasteiger partial charge < -0.3 is 0 Å². The third-order valence-corrected chi connectivity index (χ3v) is 8.36. The Morgan fingerprint density at radius 2 is 1.28 bits per heavy atom. The van der Waals surface area contributed by atoms with E-state index in [1.165, 1.54) is 102 Å². The number of aryl methyl sites for hydroxylation is 2. The molecule has 1 aliphatic rings. The molecule has 0 saturated heterocycles. The lowest BCUT2D eigenvalue weighted by Gasteiger charge is -2.07. The Labute approximate surface area is 182 Å². The van der Waals surface area contributed by atoms with Gasteiger partial charge in [-0.3, -0.25) is 0 Å². The fraction of sp³-hybridized carbons (Fsp3) is 0.607. The van der Waals surface area contributed by atoms with Crippen LogP contribution in [0, 0.1) is 0 Å². The van der Waals surface area contributed by atoms with Crippen LogP contribution in [0.15, 0.2) is 30.3 Å². The lowest BCUT2D eigenvalue weighted by molar-refractivity contribution is 0.607. The SMILES string of the molecule is CCCCCCCCc1ccc2c(c1)Cc1[siH]c(CCCCCCCC)ccc1-2. The van der Waals surface area contributed by atoms with Crippen LogP contribution in [0.5, 0.6) is 0 Å². The van der Waals surface area contributed by atoms with Crippen LogP contribution in [0.25, 0.3) is 11.1 Å². The predicted octanol–water partition coefficient (Wildman–Crippen LogP) is 8.13. The monoisotopic (exact) mass is 406 g/mol. The van der Waals surface area contributed by atoms with Crippen LogP contribution < -0.4 is 0 Å². The van der Waals surface area contributed by atoms with Crippen molar-refractivity contribution in [2.45, 2.75) is 110 Å². The van der Waals surface area contributed by atoms with Crippen LogP contribution in [-0.4, -0.2) is 9.12 Å². The number of hydrogen-bond acceptors (Lipinski definition) is 0. The first kappa shape index (κ1) is 22.5. The standard InChI is InChI=1S/C28H42Si/c1-3-5-7-9-11-13-15-23-17-19-26-24(21-23)22-28-27(26)20-18-25(29-28)16-14-12-10-8-6-4-2/h17-21,29H,3-16,22H2,1-2H3. The molecule has 1 heterocycles. The summed E-state index contributed by atoms with van der Waals surface area (Å²) in [5, 5.41) is 3.51. The second-order valence-electron chi connectivity index (χ2n) is 9.20. The Bertz CT molecular complexity index is 682. The number of hydrogen-bond donors (Lipinski definition) is 0. The highest BCUT2D eigenvalue weighted by molar-refractivity contribution is 6.37. The summed E-state index contributed by atoms with van der Waals surface area (Å²) in [5.74, 6) is 0. The normalized spacial score (nSPS) is 12.2. The maximum Gasteiger partial charge on any atom is 0.0293 e. The summed E-state index contributed by atoms with van der Waals surface area (Å²) < 4.78 is 0.